The highest BCUT2D eigenvalue weighted by atomic mass is 16.6. The smallest absolute Gasteiger partial charge is 0.220 e. The minimum absolute atomic E-state index is 0.0107. The lowest BCUT2D eigenvalue weighted by atomic mass is 9.95. The van der Waals surface area contributed by atoms with Crippen molar-refractivity contribution in [2.75, 3.05) is 27.4 Å². The molecule has 3 rings (SSSR count). The predicted molar refractivity (Wildman–Crippen MR) is 111 cm³/mol. The minimum atomic E-state index is -0.106. The van der Waals surface area contributed by atoms with Gasteiger partial charge in [0.1, 0.15) is 24.7 Å². The van der Waals surface area contributed by atoms with E-state index in [0.717, 1.165) is 34.1 Å². The summed E-state index contributed by atoms with van der Waals surface area (Å²) in [4.78, 5) is 12.7. The van der Waals surface area contributed by atoms with Crippen LogP contribution in [0.4, 0.5) is 0 Å². The van der Waals surface area contributed by atoms with Gasteiger partial charge in [-0.15, -0.1) is 0 Å². The summed E-state index contributed by atoms with van der Waals surface area (Å²) in [6, 6.07) is 11.4. The number of methoxy groups -OCH3 is 2. The van der Waals surface area contributed by atoms with Crippen molar-refractivity contribution in [2.45, 2.75) is 32.7 Å². The summed E-state index contributed by atoms with van der Waals surface area (Å²) in [7, 11) is 3.25. The molecule has 0 radical (unpaired) electrons. The van der Waals surface area contributed by atoms with Gasteiger partial charge >= 0.3 is 0 Å². The minimum Gasteiger partial charge on any atom is -0.497 e. The lowest BCUT2D eigenvalue weighted by molar-refractivity contribution is -0.122. The lowest BCUT2D eigenvalue weighted by Crippen LogP contribution is -2.32. The van der Waals surface area contributed by atoms with Gasteiger partial charge in [-0.3, -0.25) is 4.79 Å². The fourth-order valence-corrected chi connectivity index (χ4v) is 3.46. The van der Waals surface area contributed by atoms with Gasteiger partial charge in [-0.2, -0.15) is 0 Å². The molecule has 0 aliphatic carbocycles. The second-order valence-corrected chi connectivity index (χ2v) is 7.37. The molecule has 0 spiro atoms. The molecule has 1 heterocycles. The first-order chi connectivity index (χ1) is 14.0. The molecule has 0 bridgehead atoms. The Balaban J connectivity index is 1.68. The Kier molecular flexibility index (Phi) is 6.86. The van der Waals surface area contributed by atoms with E-state index in [2.05, 4.69) is 19.2 Å². The third kappa shape index (κ3) is 5.13. The Morgan fingerprint density at radius 1 is 1.03 bits per heavy atom. The van der Waals surface area contributed by atoms with E-state index in [9.17, 15) is 4.79 Å². The maximum absolute atomic E-state index is 12.7. The first-order valence-corrected chi connectivity index (χ1v) is 9.91. The summed E-state index contributed by atoms with van der Waals surface area (Å²) < 4.78 is 22.0. The van der Waals surface area contributed by atoms with Crippen LogP contribution in [0.3, 0.4) is 0 Å². The number of aryl methyl sites for hydroxylation is 1. The molecule has 1 aliphatic heterocycles. The number of amides is 1. The van der Waals surface area contributed by atoms with Crippen LogP contribution >= 0.6 is 0 Å². The maximum atomic E-state index is 12.7. The van der Waals surface area contributed by atoms with Crippen molar-refractivity contribution in [1.82, 2.24) is 5.32 Å². The number of carbonyl (C=O) groups is 1. The molecule has 29 heavy (non-hydrogen) atoms. The summed E-state index contributed by atoms with van der Waals surface area (Å²) in [5.74, 6) is 3.20. The standard InChI is InChI=1S/C23H29NO5/c1-15(2)23(17-5-8-20-21(14-17)29-12-11-28-20)24-22(25)10-6-16-13-18(26-3)7-9-19(16)27-4/h5,7-9,13-15,23H,6,10-12H2,1-4H3,(H,24,25). The SMILES string of the molecule is COc1ccc(OC)c(CCC(=O)NC(c2ccc3c(c2)OCCO3)C(C)C)c1. The quantitative estimate of drug-likeness (QED) is 0.729. The van der Waals surface area contributed by atoms with Crippen LogP contribution in [-0.2, 0) is 11.2 Å². The van der Waals surface area contributed by atoms with Crippen molar-refractivity contribution >= 4 is 5.91 Å². The van der Waals surface area contributed by atoms with Crippen molar-refractivity contribution in [1.29, 1.82) is 0 Å². The molecule has 2 aromatic carbocycles. The van der Waals surface area contributed by atoms with Crippen LogP contribution in [-0.4, -0.2) is 33.3 Å². The van der Waals surface area contributed by atoms with E-state index in [1.165, 1.54) is 0 Å². The third-order valence-corrected chi connectivity index (χ3v) is 5.02. The number of benzene rings is 2. The van der Waals surface area contributed by atoms with E-state index in [0.29, 0.717) is 26.1 Å². The van der Waals surface area contributed by atoms with E-state index >= 15 is 0 Å². The van der Waals surface area contributed by atoms with E-state index < -0.39 is 0 Å². The third-order valence-electron chi connectivity index (χ3n) is 5.02. The Labute approximate surface area is 172 Å². The zero-order chi connectivity index (χ0) is 20.8. The fourth-order valence-electron chi connectivity index (χ4n) is 3.46. The van der Waals surface area contributed by atoms with Crippen molar-refractivity contribution in [3.05, 3.63) is 47.5 Å². The molecule has 6 nitrogen and oxygen atoms in total. The molecule has 1 unspecified atom stereocenters. The monoisotopic (exact) mass is 399 g/mol. The Hall–Kier alpha value is -2.89. The highest BCUT2D eigenvalue weighted by molar-refractivity contribution is 5.77. The average Bonchev–Trinajstić information content (AvgIpc) is 2.75. The van der Waals surface area contributed by atoms with Crippen LogP contribution in [0.2, 0.25) is 0 Å². The van der Waals surface area contributed by atoms with Gasteiger partial charge in [0.25, 0.3) is 0 Å². The van der Waals surface area contributed by atoms with E-state index in [1.54, 1.807) is 14.2 Å². The number of hydrogen-bond donors (Lipinski definition) is 1. The van der Waals surface area contributed by atoms with Gasteiger partial charge in [0.15, 0.2) is 11.5 Å². The zero-order valence-corrected chi connectivity index (χ0v) is 17.5. The molecular weight excluding hydrogens is 370 g/mol. The normalized spacial score (nSPS) is 13.7. The Morgan fingerprint density at radius 2 is 1.79 bits per heavy atom. The van der Waals surface area contributed by atoms with Crippen LogP contribution in [0.5, 0.6) is 23.0 Å². The van der Waals surface area contributed by atoms with Crippen LogP contribution in [0, 0.1) is 5.92 Å². The average molecular weight is 399 g/mol. The first-order valence-electron chi connectivity index (χ1n) is 9.91. The number of nitrogens with one attached hydrogen (secondary N) is 1. The Bertz CT molecular complexity index is 849. The summed E-state index contributed by atoms with van der Waals surface area (Å²) in [6.07, 6.45) is 0.926. The van der Waals surface area contributed by atoms with Gasteiger partial charge in [0.2, 0.25) is 5.91 Å². The van der Waals surface area contributed by atoms with Crippen LogP contribution in [0.1, 0.15) is 37.4 Å². The summed E-state index contributed by atoms with van der Waals surface area (Å²) >= 11 is 0. The van der Waals surface area contributed by atoms with Crippen LogP contribution < -0.4 is 24.3 Å². The second-order valence-electron chi connectivity index (χ2n) is 7.37. The van der Waals surface area contributed by atoms with Gasteiger partial charge in [-0.05, 0) is 53.8 Å². The summed E-state index contributed by atoms with van der Waals surface area (Å²) in [5, 5.41) is 3.17. The van der Waals surface area contributed by atoms with E-state index in [4.69, 9.17) is 18.9 Å². The number of carbonyl (C=O) groups excluding carboxylic acids is 1. The second kappa shape index (κ2) is 9.54. The molecule has 0 saturated carbocycles. The molecule has 1 N–H and O–H groups in total. The van der Waals surface area contributed by atoms with Crippen molar-refractivity contribution in [3.8, 4) is 23.0 Å². The van der Waals surface area contributed by atoms with Gasteiger partial charge in [0.05, 0.1) is 20.3 Å². The van der Waals surface area contributed by atoms with E-state index in [1.807, 2.05) is 36.4 Å². The number of ether oxygens (including phenoxy) is 4. The number of hydrogen-bond acceptors (Lipinski definition) is 5. The van der Waals surface area contributed by atoms with Gasteiger partial charge in [0, 0.05) is 6.42 Å². The lowest BCUT2D eigenvalue weighted by Gasteiger charge is -2.25. The van der Waals surface area contributed by atoms with Crippen LogP contribution in [0.15, 0.2) is 36.4 Å². The van der Waals surface area contributed by atoms with Crippen LogP contribution in [0.25, 0.3) is 0 Å². The largest absolute Gasteiger partial charge is 0.497 e. The van der Waals surface area contributed by atoms with E-state index in [-0.39, 0.29) is 17.9 Å². The van der Waals surface area contributed by atoms with Crippen molar-refractivity contribution in [2.24, 2.45) is 5.92 Å². The van der Waals surface area contributed by atoms with Gasteiger partial charge in [-0.25, -0.2) is 0 Å². The number of rotatable bonds is 8. The molecule has 1 amide bonds. The fraction of sp³-hybridized carbons (Fsp3) is 0.435. The highest BCUT2D eigenvalue weighted by Crippen LogP contribution is 2.34. The first kappa shape index (κ1) is 20.8. The van der Waals surface area contributed by atoms with Gasteiger partial charge in [-0.1, -0.05) is 19.9 Å². The predicted octanol–water partition coefficient (Wildman–Crippen LogP) is 3.92. The molecule has 156 valence electrons. The molecule has 0 aromatic heterocycles. The molecule has 1 aliphatic rings. The summed E-state index contributed by atoms with van der Waals surface area (Å²) in [6.45, 7) is 5.28. The molecule has 0 saturated heterocycles. The molecular formula is C23H29NO5. The molecule has 1 atom stereocenters. The molecule has 0 fully saturated rings. The van der Waals surface area contributed by atoms with Crippen molar-refractivity contribution in [3.63, 3.8) is 0 Å². The topological polar surface area (TPSA) is 66.0 Å². The number of fused-ring (bicyclic) bond motifs is 1. The van der Waals surface area contributed by atoms with Crippen molar-refractivity contribution < 1.29 is 23.7 Å². The molecule has 2 aromatic rings. The molecule has 6 heteroatoms. The zero-order valence-electron chi connectivity index (χ0n) is 17.5. The summed E-state index contributed by atoms with van der Waals surface area (Å²) in [5.41, 5.74) is 1.96. The highest BCUT2D eigenvalue weighted by Gasteiger charge is 2.21. The van der Waals surface area contributed by atoms with Gasteiger partial charge < -0.3 is 24.3 Å². The Morgan fingerprint density at radius 3 is 2.48 bits per heavy atom. The maximum Gasteiger partial charge on any atom is 0.220 e.